The Kier molecular flexibility index (Phi) is 7.41. The standard InChI is InChI=1S/C19H26N4O2S/c1-4-22(5-2)12-8-11-20-13-15-17(24)21-19(26)23(18(15)25)16-10-7-6-9-14(16)3/h6-7,9-10,13,15H,4-5,8,11-12H2,1-3H3,(H,21,24,26). The minimum Gasteiger partial charge on any atom is -0.304 e. The first-order valence-corrected chi connectivity index (χ1v) is 9.37. The summed E-state index contributed by atoms with van der Waals surface area (Å²) in [5, 5.41) is 2.72. The lowest BCUT2D eigenvalue weighted by Gasteiger charge is -2.31. The number of aryl methyl sites for hydroxylation is 1. The summed E-state index contributed by atoms with van der Waals surface area (Å²) in [7, 11) is 0. The Bertz CT molecular complexity index is 701. The zero-order valence-corrected chi connectivity index (χ0v) is 16.4. The fourth-order valence-electron chi connectivity index (χ4n) is 2.87. The molecule has 1 atom stereocenters. The highest BCUT2D eigenvalue weighted by molar-refractivity contribution is 7.80. The number of amides is 2. The smallest absolute Gasteiger partial charge is 0.251 e. The average Bonchev–Trinajstić information content (AvgIpc) is 2.62. The molecule has 0 bridgehead atoms. The molecule has 1 unspecified atom stereocenters. The SMILES string of the molecule is CCN(CC)CCCN=CC1C(=O)NC(=S)N(c2ccccc2C)C1=O. The van der Waals surface area contributed by atoms with Crippen LogP contribution < -0.4 is 10.2 Å². The number of hydrogen-bond acceptors (Lipinski definition) is 5. The zero-order chi connectivity index (χ0) is 19.1. The molecule has 1 fully saturated rings. The van der Waals surface area contributed by atoms with Gasteiger partial charge in [-0.1, -0.05) is 32.0 Å². The van der Waals surface area contributed by atoms with E-state index in [0.29, 0.717) is 12.2 Å². The normalized spacial score (nSPS) is 18.1. The van der Waals surface area contributed by atoms with E-state index in [1.165, 1.54) is 11.1 Å². The Morgan fingerprint density at radius 2 is 1.96 bits per heavy atom. The third kappa shape index (κ3) is 4.74. The summed E-state index contributed by atoms with van der Waals surface area (Å²) in [6.45, 7) is 9.70. The number of carbonyl (C=O) groups is 2. The van der Waals surface area contributed by atoms with Gasteiger partial charge in [0.2, 0.25) is 5.91 Å². The predicted octanol–water partition coefficient (Wildman–Crippen LogP) is 2.16. The number of benzene rings is 1. The molecule has 26 heavy (non-hydrogen) atoms. The van der Waals surface area contributed by atoms with Crippen LogP contribution in [-0.2, 0) is 9.59 Å². The Morgan fingerprint density at radius 3 is 2.62 bits per heavy atom. The number of rotatable bonds is 8. The average molecular weight is 375 g/mol. The van der Waals surface area contributed by atoms with E-state index in [9.17, 15) is 9.59 Å². The van der Waals surface area contributed by atoms with E-state index in [1.807, 2.05) is 31.2 Å². The van der Waals surface area contributed by atoms with Gasteiger partial charge in [0.1, 0.15) is 0 Å². The fourth-order valence-corrected chi connectivity index (χ4v) is 3.16. The molecule has 2 amide bonds. The molecule has 1 heterocycles. The molecule has 1 aliphatic rings. The number of carbonyl (C=O) groups excluding carboxylic acids is 2. The minimum atomic E-state index is -0.949. The van der Waals surface area contributed by atoms with E-state index in [4.69, 9.17) is 12.2 Å². The van der Waals surface area contributed by atoms with Gasteiger partial charge in [-0.2, -0.15) is 0 Å². The maximum Gasteiger partial charge on any atom is 0.251 e. The van der Waals surface area contributed by atoms with Crippen molar-refractivity contribution in [3.8, 4) is 0 Å². The monoisotopic (exact) mass is 374 g/mol. The molecule has 1 aromatic carbocycles. The van der Waals surface area contributed by atoms with Gasteiger partial charge >= 0.3 is 0 Å². The first-order chi connectivity index (χ1) is 12.5. The highest BCUT2D eigenvalue weighted by Crippen LogP contribution is 2.23. The maximum atomic E-state index is 12.8. The van der Waals surface area contributed by atoms with Crippen molar-refractivity contribution in [2.45, 2.75) is 27.2 Å². The summed E-state index contributed by atoms with van der Waals surface area (Å²) in [5.74, 6) is -1.73. The summed E-state index contributed by atoms with van der Waals surface area (Å²) in [6.07, 6.45) is 2.34. The summed E-state index contributed by atoms with van der Waals surface area (Å²) in [4.78, 5) is 33.0. The maximum absolute atomic E-state index is 12.8. The molecule has 0 aromatic heterocycles. The molecule has 1 saturated heterocycles. The lowest BCUT2D eigenvalue weighted by Crippen LogP contribution is -2.58. The Labute approximate surface area is 160 Å². The third-order valence-electron chi connectivity index (χ3n) is 4.47. The van der Waals surface area contributed by atoms with E-state index < -0.39 is 11.8 Å². The summed E-state index contributed by atoms with van der Waals surface area (Å²) >= 11 is 5.21. The molecule has 2 rings (SSSR count). The first-order valence-electron chi connectivity index (χ1n) is 8.96. The molecule has 6 nitrogen and oxygen atoms in total. The predicted molar refractivity (Wildman–Crippen MR) is 109 cm³/mol. The van der Waals surface area contributed by atoms with Crippen molar-refractivity contribution in [3.63, 3.8) is 0 Å². The molecule has 0 spiro atoms. The summed E-state index contributed by atoms with van der Waals surface area (Å²) in [5.41, 5.74) is 1.59. The van der Waals surface area contributed by atoms with Crippen LogP contribution in [0.4, 0.5) is 5.69 Å². The van der Waals surface area contributed by atoms with Crippen molar-refractivity contribution in [3.05, 3.63) is 29.8 Å². The van der Waals surface area contributed by atoms with Crippen molar-refractivity contribution >= 4 is 41.0 Å². The second-order valence-electron chi connectivity index (χ2n) is 6.17. The summed E-state index contributed by atoms with van der Waals surface area (Å²) < 4.78 is 0. The van der Waals surface area contributed by atoms with Crippen LogP contribution in [0.3, 0.4) is 0 Å². The Balaban J connectivity index is 2.05. The van der Waals surface area contributed by atoms with Crippen molar-refractivity contribution in [2.75, 3.05) is 31.1 Å². The van der Waals surface area contributed by atoms with Gasteiger partial charge in [-0.15, -0.1) is 0 Å². The first kappa shape index (κ1) is 20.2. The number of anilines is 1. The molecule has 0 saturated carbocycles. The molecule has 140 valence electrons. The second kappa shape index (κ2) is 9.54. The lowest BCUT2D eigenvalue weighted by molar-refractivity contribution is -0.130. The number of hydrogen-bond donors (Lipinski definition) is 1. The largest absolute Gasteiger partial charge is 0.304 e. The Morgan fingerprint density at radius 1 is 1.27 bits per heavy atom. The van der Waals surface area contributed by atoms with Crippen LogP contribution in [0.2, 0.25) is 0 Å². The highest BCUT2D eigenvalue weighted by Gasteiger charge is 2.38. The van der Waals surface area contributed by atoms with Crippen LogP contribution in [0, 0.1) is 12.8 Å². The number of para-hydroxylation sites is 1. The molecular formula is C19H26N4O2S. The molecule has 1 N–H and O–H groups in total. The van der Waals surface area contributed by atoms with E-state index in [2.05, 4.69) is 29.1 Å². The molecule has 1 aliphatic heterocycles. The van der Waals surface area contributed by atoms with E-state index in [0.717, 1.165) is 31.6 Å². The van der Waals surface area contributed by atoms with Crippen LogP contribution in [0.15, 0.2) is 29.3 Å². The van der Waals surface area contributed by atoms with Gasteiger partial charge in [-0.3, -0.25) is 19.5 Å². The lowest BCUT2D eigenvalue weighted by atomic mass is 10.0. The third-order valence-corrected chi connectivity index (χ3v) is 4.75. The number of thiocarbonyl (C=S) groups is 1. The summed E-state index contributed by atoms with van der Waals surface area (Å²) in [6, 6.07) is 7.45. The van der Waals surface area contributed by atoms with Gasteiger partial charge in [0, 0.05) is 12.8 Å². The highest BCUT2D eigenvalue weighted by atomic mass is 32.1. The fraction of sp³-hybridized carbons (Fsp3) is 0.474. The van der Waals surface area contributed by atoms with Crippen LogP contribution >= 0.6 is 12.2 Å². The van der Waals surface area contributed by atoms with Crippen LogP contribution in [0.5, 0.6) is 0 Å². The molecular weight excluding hydrogens is 348 g/mol. The quantitative estimate of drug-likeness (QED) is 0.328. The van der Waals surface area contributed by atoms with Gasteiger partial charge in [-0.25, -0.2) is 0 Å². The number of nitrogens with zero attached hydrogens (tertiary/aromatic N) is 3. The molecule has 1 aromatic rings. The Hall–Kier alpha value is -2.12. The van der Waals surface area contributed by atoms with Gasteiger partial charge in [0.05, 0.1) is 5.69 Å². The molecule has 0 radical (unpaired) electrons. The second-order valence-corrected chi connectivity index (χ2v) is 6.55. The van der Waals surface area contributed by atoms with Crippen molar-refractivity contribution in [1.82, 2.24) is 10.2 Å². The van der Waals surface area contributed by atoms with Gasteiger partial charge in [0.15, 0.2) is 11.0 Å². The molecule has 0 aliphatic carbocycles. The van der Waals surface area contributed by atoms with Gasteiger partial charge in [-0.05, 0) is 56.8 Å². The van der Waals surface area contributed by atoms with Crippen molar-refractivity contribution in [1.29, 1.82) is 0 Å². The van der Waals surface area contributed by atoms with Crippen LogP contribution in [0.25, 0.3) is 0 Å². The van der Waals surface area contributed by atoms with E-state index in [1.54, 1.807) is 0 Å². The van der Waals surface area contributed by atoms with Gasteiger partial charge < -0.3 is 10.2 Å². The van der Waals surface area contributed by atoms with Crippen molar-refractivity contribution in [2.24, 2.45) is 10.9 Å². The van der Waals surface area contributed by atoms with Crippen molar-refractivity contribution < 1.29 is 9.59 Å². The number of aliphatic imine (C=N–C) groups is 1. The van der Waals surface area contributed by atoms with Crippen LogP contribution in [-0.4, -0.2) is 54.2 Å². The topological polar surface area (TPSA) is 65.0 Å². The van der Waals surface area contributed by atoms with Crippen LogP contribution in [0.1, 0.15) is 25.8 Å². The van der Waals surface area contributed by atoms with E-state index in [-0.39, 0.29) is 11.0 Å². The minimum absolute atomic E-state index is 0.112. The van der Waals surface area contributed by atoms with E-state index >= 15 is 0 Å². The zero-order valence-electron chi connectivity index (χ0n) is 15.6. The van der Waals surface area contributed by atoms with Gasteiger partial charge in [0.25, 0.3) is 5.91 Å². The molecule has 7 heteroatoms. The number of nitrogens with one attached hydrogen (secondary N) is 1.